The summed E-state index contributed by atoms with van der Waals surface area (Å²) in [5.74, 6) is -0.908. The molecule has 3 nitrogen and oxygen atoms in total. The highest BCUT2D eigenvalue weighted by molar-refractivity contribution is 6.59. The molecule has 21 heavy (non-hydrogen) atoms. The Labute approximate surface area is 136 Å². The van der Waals surface area contributed by atoms with E-state index in [0.717, 1.165) is 0 Å². The molecule has 0 saturated heterocycles. The van der Waals surface area contributed by atoms with Gasteiger partial charge in [-0.3, -0.25) is 9.59 Å². The van der Waals surface area contributed by atoms with Gasteiger partial charge in [-0.1, -0.05) is 34.8 Å². The first-order chi connectivity index (χ1) is 9.82. The lowest BCUT2D eigenvalue weighted by Gasteiger charge is -2.16. The predicted molar refractivity (Wildman–Crippen MR) is 85.3 cm³/mol. The van der Waals surface area contributed by atoms with Crippen LogP contribution in [0.4, 0.5) is 0 Å². The number of Topliss-reactive ketones (excluding diaryl/α,β-unsaturated/α-hetero) is 1. The Kier molecular flexibility index (Phi) is 4.67. The molecule has 0 bridgehead atoms. The lowest BCUT2D eigenvalue weighted by Crippen LogP contribution is -2.19. The van der Waals surface area contributed by atoms with E-state index in [1.807, 2.05) is 0 Å². The molecule has 108 valence electrons. The molecule has 6 heteroatoms. The van der Waals surface area contributed by atoms with Gasteiger partial charge in [0.1, 0.15) is 0 Å². The first-order valence-corrected chi connectivity index (χ1v) is 7.13. The van der Waals surface area contributed by atoms with Gasteiger partial charge in [0, 0.05) is 10.6 Å². The molecule has 0 spiro atoms. The maximum Gasteiger partial charge on any atom is 0.277 e. The monoisotopic (exact) mass is 341 g/mol. The molecule has 1 aromatic carbocycles. The lowest BCUT2D eigenvalue weighted by atomic mass is 9.96. The number of nitrogens with zero attached hydrogens (tertiary/aromatic N) is 1. The zero-order valence-electron chi connectivity index (χ0n) is 11.2. The van der Waals surface area contributed by atoms with Crippen LogP contribution in [-0.2, 0) is 4.79 Å². The number of allylic oxidation sites excluding steroid dienone is 4. The van der Waals surface area contributed by atoms with Gasteiger partial charge in [-0.15, -0.1) is 0 Å². The van der Waals surface area contributed by atoms with Gasteiger partial charge in [0.25, 0.3) is 5.91 Å². The molecule has 0 heterocycles. The van der Waals surface area contributed by atoms with Crippen LogP contribution in [0.1, 0.15) is 24.2 Å². The van der Waals surface area contributed by atoms with Crippen molar-refractivity contribution in [3.63, 3.8) is 0 Å². The van der Waals surface area contributed by atoms with Gasteiger partial charge in [0.05, 0.1) is 15.8 Å². The molecule has 1 aliphatic carbocycles. The fourth-order valence-electron chi connectivity index (χ4n) is 1.85. The molecule has 0 aliphatic heterocycles. The van der Waals surface area contributed by atoms with Crippen molar-refractivity contribution in [1.82, 2.24) is 0 Å². The lowest BCUT2D eigenvalue weighted by molar-refractivity contribution is -0.111. The van der Waals surface area contributed by atoms with Crippen molar-refractivity contribution >= 4 is 52.2 Å². The van der Waals surface area contributed by atoms with E-state index in [1.165, 1.54) is 0 Å². The highest BCUT2D eigenvalue weighted by Crippen LogP contribution is 2.30. The molecule has 1 amide bonds. The van der Waals surface area contributed by atoms with Crippen LogP contribution in [0.5, 0.6) is 0 Å². The van der Waals surface area contributed by atoms with Gasteiger partial charge in [-0.25, -0.2) is 4.99 Å². The zero-order valence-corrected chi connectivity index (χ0v) is 13.5. The van der Waals surface area contributed by atoms with Crippen LogP contribution < -0.4 is 0 Å². The second kappa shape index (κ2) is 6.14. The number of carbonyl (C=O) groups is 2. The molecule has 0 radical (unpaired) electrons. The fourth-order valence-corrected chi connectivity index (χ4v) is 2.39. The van der Waals surface area contributed by atoms with E-state index >= 15 is 0 Å². The third-order valence-corrected chi connectivity index (χ3v) is 4.23. The fraction of sp³-hybridized carbons (Fsp3) is 0.133. The Morgan fingerprint density at radius 3 is 1.90 bits per heavy atom. The van der Waals surface area contributed by atoms with Gasteiger partial charge < -0.3 is 0 Å². The Morgan fingerprint density at radius 1 is 0.952 bits per heavy atom. The average Bonchev–Trinajstić information content (AvgIpc) is 2.48. The van der Waals surface area contributed by atoms with Crippen molar-refractivity contribution in [2.75, 3.05) is 0 Å². The minimum atomic E-state index is -0.455. The van der Waals surface area contributed by atoms with Crippen molar-refractivity contribution in [2.24, 2.45) is 4.99 Å². The van der Waals surface area contributed by atoms with Crippen LogP contribution in [0.25, 0.3) is 0 Å². The summed E-state index contributed by atoms with van der Waals surface area (Å²) in [6.07, 6.45) is 0. The highest BCUT2D eigenvalue weighted by atomic mass is 35.5. The minimum absolute atomic E-state index is 0.0201. The maximum absolute atomic E-state index is 12.2. The average molecular weight is 343 g/mol. The molecule has 0 unspecified atom stereocenters. The molecule has 0 N–H and O–H groups in total. The third kappa shape index (κ3) is 3.10. The van der Waals surface area contributed by atoms with Gasteiger partial charge in [0.15, 0.2) is 0 Å². The van der Waals surface area contributed by atoms with Crippen LogP contribution in [0.2, 0.25) is 5.02 Å². The first-order valence-electron chi connectivity index (χ1n) is 5.99. The van der Waals surface area contributed by atoms with Gasteiger partial charge in [0.2, 0.25) is 5.78 Å². The van der Waals surface area contributed by atoms with E-state index in [9.17, 15) is 9.59 Å². The van der Waals surface area contributed by atoms with E-state index in [4.69, 9.17) is 34.8 Å². The summed E-state index contributed by atoms with van der Waals surface area (Å²) < 4.78 is 0. The van der Waals surface area contributed by atoms with Crippen molar-refractivity contribution in [2.45, 2.75) is 13.8 Å². The minimum Gasteiger partial charge on any atom is -0.287 e. The Morgan fingerprint density at radius 2 is 1.43 bits per heavy atom. The Bertz CT molecular complexity index is 698. The first kappa shape index (κ1) is 16.0. The number of benzene rings is 1. The Hall–Kier alpha value is -1.42. The SMILES string of the molecule is CC1=C(Cl)C(=O)C(Cl)=C(C)C1=NC(=O)c1ccc(Cl)cc1. The summed E-state index contributed by atoms with van der Waals surface area (Å²) in [6.45, 7) is 3.25. The van der Waals surface area contributed by atoms with E-state index in [-0.39, 0.29) is 10.1 Å². The predicted octanol–water partition coefficient (Wildman–Crippen LogP) is 4.53. The molecular weight excluding hydrogens is 333 g/mol. The van der Waals surface area contributed by atoms with Crippen LogP contribution >= 0.6 is 34.8 Å². The molecule has 2 rings (SSSR count). The number of aliphatic imine (C=N–C) groups is 1. The second-order valence-electron chi connectivity index (χ2n) is 4.48. The van der Waals surface area contributed by atoms with E-state index in [1.54, 1.807) is 38.1 Å². The van der Waals surface area contributed by atoms with Gasteiger partial charge in [-0.2, -0.15) is 0 Å². The van der Waals surface area contributed by atoms with Crippen LogP contribution in [-0.4, -0.2) is 17.4 Å². The summed E-state index contributed by atoms with van der Waals surface area (Å²) in [5.41, 5.74) is 1.58. The number of ketones is 1. The summed E-state index contributed by atoms with van der Waals surface area (Å²) >= 11 is 17.6. The van der Waals surface area contributed by atoms with E-state index < -0.39 is 11.7 Å². The number of halogens is 3. The van der Waals surface area contributed by atoms with Gasteiger partial charge in [-0.05, 0) is 49.3 Å². The molecule has 0 aromatic heterocycles. The van der Waals surface area contributed by atoms with Crippen LogP contribution in [0, 0.1) is 0 Å². The number of amides is 1. The Balaban J connectivity index is 2.46. The number of hydrogen-bond acceptors (Lipinski definition) is 2. The van der Waals surface area contributed by atoms with Crippen LogP contribution in [0.3, 0.4) is 0 Å². The van der Waals surface area contributed by atoms with Crippen molar-refractivity contribution < 1.29 is 9.59 Å². The smallest absolute Gasteiger partial charge is 0.277 e. The molecule has 0 saturated carbocycles. The molecule has 1 aromatic rings. The van der Waals surface area contributed by atoms with Crippen molar-refractivity contribution in [3.8, 4) is 0 Å². The molecule has 1 aliphatic rings. The summed E-state index contributed by atoms with van der Waals surface area (Å²) in [6, 6.07) is 6.35. The largest absolute Gasteiger partial charge is 0.287 e. The summed E-state index contributed by atoms with van der Waals surface area (Å²) in [4.78, 5) is 27.9. The van der Waals surface area contributed by atoms with E-state index in [2.05, 4.69) is 4.99 Å². The number of carbonyl (C=O) groups excluding carboxylic acids is 2. The van der Waals surface area contributed by atoms with Crippen LogP contribution in [0.15, 0.2) is 50.5 Å². The molecular formula is C15H10Cl3NO2. The topological polar surface area (TPSA) is 46.5 Å². The quantitative estimate of drug-likeness (QED) is 0.704. The number of hydrogen-bond donors (Lipinski definition) is 0. The van der Waals surface area contributed by atoms with Crippen molar-refractivity contribution in [1.29, 1.82) is 0 Å². The van der Waals surface area contributed by atoms with Crippen molar-refractivity contribution in [3.05, 3.63) is 56.1 Å². The second-order valence-corrected chi connectivity index (χ2v) is 5.67. The number of rotatable bonds is 1. The summed E-state index contributed by atoms with van der Waals surface area (Å²) in [5, 5.41) is 0.488. The third-order valence-electron chi connectivity index (χ3n) is 3.07. The van der Waals surface area contributed by atoms with Gasteiger partial charge >= 0.3 is 0 Å². The zero-order chi connectivity index (χ0) is 15.7. The summed E-state index contributed by atoms with van der Waals surface area (Å²) in [7, 11) is 0. The van der Waals surface area contributed by atoms with E-state index in [0.29, 0.717) is 27.4 Å². The molecule has 0 atom stereocenters. The maximum atomic E-state index is 12.2. The normalized spacial score (nSPS) is 15.7. The molecule has 0 fully saturated rings. The standard InChI is InChI=1S/C15H10Cl3NO2/c1-7-11(17)14(20)12(18)8(2)13(7)19-15(21)9-3-5-10(16)6-4-9/h3-6H,1-2H3. The highest BCUT2D eigenvalue weighted by Gasteiger charge is 2.27.